The number of allylic oxidation sites excluding steroid dienone is 3. The number of nitrogens with zero attached hydrogens (tertiary/aromatic N) is 1. The molecule has 1 aliphatic heterocycles. The zero-order valence-electron chi connectivity index (χ0n) is 5.89. The zero-order chi connectivity index (χ0) is 6.85. The smallest absolute Gasteiger partial charge is 0.0568 e. The second kappa shape index (κ2) is 2.13. The minimum absolute atomic E-state index is 0.863. The van der Waals surface area contributed by atoms with Crippen LogP contribution in [-0.2, 0) is 0 Å². The fraction of sp³-hybridized carbons (Fsp3) is 0.429. The quantitative estimate of drug-likeness (QED) is 0.514. The Labute approximate surface area is 55.6 Å². The fourth-order valence-electron chi connectivity index (χ4n) is 0.806. The molecule has 0 unspecified atom stereocenters. The summed E-state index contributed by atoms with van der Waals surface area (Å²) >= 11 is 0. The minimum atomic E-state index is 0.863. The molecule has 0 radical (unpaired) electrons. The maximum atomic E-state index is 5.56. The van der Waals surface area contributed by atoms with E-state index in [1.165, 1.54) is 5.70 Å². The molecule has 1 rings (SSSR count). The molecule has 0 saturated carbocycles. The van der Waals surface area contributed by atoms with Crippen molar-refractivity contribution in [2.45, 2.75) is 6.92 Å². The third kappa shape index (κ3) is 1.25. The van der Waals surface area contributed by atoms with Crippen molar-refractivity contribution < 1.29 is 0 Å². The van der Waals surface area contributed by atoms with Crippen molar-refractivity contribution in [1.82, 2.24) is 4.90 Å². The van der Waals surface area contributed by atoms with Crippen molar-refractivity contribution in [3.05, 3.63) is 23.5 Å². The number of rotatable bonds is 0. The van der Waals surface area contributed by atoms with Gasteiger partial charge in [-0.2, -0.15) is 0 Å². The highest BCUT2D eigenvalue weighted by molar-refractivity contribution is 5.20. The van der Waals surface area contributed by atoms with Gasteiger partial charge in [0.25, 0.3) is 0 Å². The maximum absolute atomic E-state index is 5.56. The Morgan fingerprint density at radius 3 is 2.67 bits per heavy atom. The summed E-state index contributed by atoms with van der Waals surface area (Å²) in [5.74, 6) is 0. The summed E-state index contributed by atoms with van der Waals surface area (Å²) in [5.41, 5.74) is 7.76. The summed E-state index contributed by atoms with van der Waals surface area (Å²) < 4.78 is 0. The summed E-state index contributed by atoms with van der Waals surface area (Å²) in [6, 6.07) is 0. The lowest BCUT2D eigenvalue weighted by atomic mass is 10.2. The van der Waals surface area contributed by atoms with Crippen molar-refractivity contribution in [1.29, 1.82) is 0 Å². The van der Waals surface area contributed by atoms with Gasteiger partial charge < -0.3 is 10.6 Å². The van der Waals surface area contributed by atoms with Gasteiger partial charge in [0, 0.05) is 18.4 Å². The summed E-state index contributed by atoms with van der Waals surface area (Å²) in [5, 5.41) is 0. The number of hydrogen-bond acceptors (Lipinski definition) is 2. The van der Waals surface area contributed by atoms with Crippen LogP contribution in [0.15, 0.2) is 23.5 Å². The first-order chi connectivity index (χ1) is 4.20. The van der Waals surface area contributed by atoms with Gasteiger partial charge in [0.1, 0.15) is 0 Å². The van der Waals surface area contributed by atoms with Crippen molar-refractivity contribution in [3.8, 4) is 0 Å². The molecule has 1 heterocycles. The number of nitrogens with two attached hydrogens (primary N) is 1. The third-order valence-corrected chi connectivity index (χ3v) is 1.56. The Kier molecular flexibility index (Phi) is 1.47. The molecular weight excluding hydrogens is 112 g/mol. The van der Waals surface area contributed by atoms with Gasteiger partial charge in [0.2, 0.25) is 0 Å². The van der Waals surface area contributed by atoms with Crippen LogP contribution >= 0.6 is 0 Å². The molecule has 9 heavy (non-hydrogen) atoms. The third-order valence-electron chi connectivity index (χ3n) is 1.56. The van der Waals surface area contributed by atoms with Gasteiger partial charge in [0.15, 0.2) is 0 Å². The molecule has 0 aromatic carbocycles. The first-order valence-electron chi connectivity index (χ1n) is 3.04. The van der Waals surface area contributed by atoms with Crippen LogP contribution < -0.4 is 5.73 Å². The summed E-state index contributed by atoms with van der Waals surface area (Å²) in [7, 11) is 2.03. The van der Waals surface area contributed by atoms with Crippen LogP contribution in [0.1, 0.15) is 6.92 Å². The van der Waals surface area contributed by atoms with Gasteiger partial charge in [0.05, 0.1) is 6.54 Å². The van der Waals surface area contributed by atoms with E-state index in [2.05, 4.69) is 11.8 Å². The predicted molar refractivity (Wildman–Crippen MR) is 38.7 cm³/mol. The maximum Gasteiger partial charge on any atom is 0.0568 e. The first kappa shape index (κ1) is 6.20. The highest BCUT2D eigenvalue weighted by atomic mass is 15.1. The van der Waals surface area contributed by atoms with E-state index >= 15 is 0 Å². The fourth-order valence-corrected chi connectivity index (χ4v) is 0.806. The molecule has 0 fully saturated rings. The average Bonchev–Trinajstić information content (AvgIpc) is 1.80. The van der Waals surface area contributed by atoms with Gasteiger partial charge in [-0.1, -0.05) is 0 Å². The van der Waals surface area contributed by atoms with E-state index in [-0.39, 0.29) is 0 Å². The van der Waals surface area contributed by atoms with Gasteiger partial charge in [-0.15, -0.1) is 0 Å². The zero-order valence-corrected chi connectivity index (χ0v) is 5.89. The van der Waals surface area contributed by atoms with Crippen molar-refractivity contribution in [2.75, 3.05) is 13.6 Å². The van der Waals surface area contributed by atoms with Gasteiger partial charge >= 0.3 is 0 Å². The van der Waals surface area contributed by atoms with E-state index in [0.29, 0.717) is 0 Å². The van der Waals surface area contributed by atoms with Crippen LogP contribution in [0.5, 0.6) is 0 Å². The molecule has 0 amide bonds. The Bertz CT molecular complexity index is 168. The van der Waals surface area contributed by atoms with Gasteiger partial charge in [-0.3, -0.25) is 0 Å². The van der Waals surface area contributed by atoms with E-state index < -0.39 is 0 Å². The van der Waals surface area contributed by atoms with Gasteiger partial charge in [-0.05, 0) is 19.1 Å². The predicted octanol–water partition coefficient (Wildman–Crippen LogP) is 0.678. The van der Waals surface area contributed by atoms with Crippen molar-refractivity contribution in [3.63, 3.8) is 0 Å². The normalized spacial score (nSPS) is 19.1. The van der Waals surface area contributed by atoms with E-state index in [4.69, 9.17) is 5.73 Å². The average molecular weight is 124 g/mol. The summed E-state index contributed by atoms with van der Waals surface area (Å²) in [4.78, 5) is 2.12. The molecule has 0 bridgehead atoms. The summed E-state index contributed by atoms with van der Waals surface area (Å²) in [6.45, 7) is 2.94. The Hall–Kier alpha value is -0.920. The highest BCUT2D eigenvalue weighted by Crippen LogP contribution is 2.07. The molecule has 0 spiro atoms. The molecule has 0 atom stereocenters. The van der Waals surface area contributed by atoms with E-state index in [1.54, 1.807) is 0 Å². The highest BCUT2D eigenvalue weighted by Gasteiger charge is 2.02. The minimum Gasteiger partial charge on any atom is -0.401 e. The Balaban J connectivity index is 2.74. The number of hydrogen-bond donors (Lipinski definition) is 1. The first-order valence-corrected chi connectivity index (χ1v) is 3.04. The lowest BCUT2D eigenvalue weighted by Crippen LogP contribution is -2.24. The van der Waals surface area contributed by atoms with Crippen molar-refractivity contribution in [2.24, 2.45) is 5.73 Å². The van der Waals surface area contributed by atoms with Gasteiger partial charge in [-0.25, -0.2) is 0 Å². The topological polar surface area (TPSA) is 29.3 Å². The van der Waals surface area contributed by atoms with Crippen LogP contribution in [0.4, 0.5) is 0 Å². The molecule has 2 N–H and O–H groups in total. The molecule has 0 aromatic heterocycles. The van der Waals surface area contributed by atoms with Crippen LogP contribution in [-0.4, -0.2) is 18.5 Å². The lowest BCUT2D eigenvalue weighted by Gasteiger charge is -2.22. The molecule has 0 aliphatic carbocycles. The standard InChI is InChI=1S/C7H12N2/c1-6-3-4-7(8)5-9(6)2/h3-4H,5,8H2,1-2H3. The second-order valence-electron chi connectivity index (χ2n) is 2.41. The van der Waals surface area contributed by atoms with E-state index in [9.17, 15) is 0 Å². The molecule has 1 aliphatic rings. The Morgan fingerprint density at radius 1 is 1.56 bits per heavy atom. The van der Waals surface area contributed by atoms with Crippen LogP contribution in [0.25, 0.3) is 0 Å². The Morgan fingerprint density at radius 2 is 2.22 bits per heavy atom. The van der Waals surface area contributed by atoms with Crippen LogP contribution in [0, 0.1) is 0 Å². The molecule has 2 heteroatoms. The monoisotopic (exact) mass is 124 g/mol. The largest absolute Gasteiger partial charge is 0.401 e. The van der Waals surface area contributed by atoms with Crippen LogP contribution in [0.2, 0.25) is 0 Å². The second-order valence-corrected chi connectivity index (χ2v) is 2.41. The molecular formula is C7H12N2. The molecule has 2 nitrogen and oxygen atoms in total. The van der Waals surface area contributed by atoms with E-state index in [1.807, 2.05) is 19.2 Å². The summed E-state index contributed by atoms with van der Waals surface area (Å²) in [6.07, 6.45) is 3.98. The SMILES string of the molecule is CC1=CC=C(N)CN1C. The molecule has 0 aromatic rings. The van der Waals surface area contributed by atoms with Crippen molar-refractivity contribution >= 4 is 0 Å². The lowest BCUT2D eigenvalue weighted by molar-refractivity contribution is 0.446. The molecule has 0 saturated heterocycles. The van der Waals surface area contributed by atoms with Crippen LogP contribution in [0.3, 0.4) is 0 Å². The number of likely N-dealkylation sites (N-methyl/N-ethyl adjacent to an activating group) is 1. The molecule has 50 valence electrons. The van der Waals surface area contributed by atoms with E-state index in [0.717, 1.165) is 12.2 Å².